The van der Waals surface area contributed by atoms with Gasteiger partial charge in [0.2, 0.25) is 10.0 Å². The summed E-state index contributed by atoms with van der Waals surface area (Å²) in [5.74, 6) is 0. The molecule has 0 spiro atoms. The summed E-state index contributed by atoms with van der Waals surface area (Å²) in [7, 11) is -3.40. The lowest BCUT2D eigenvalue weighted by atomic mass is 10.1. The molecule has 0 radical (unpaired) electrons. The maximum Gasteiger partial charge on any atom is 0.240 e. The zero-order chi connectivity index (χ0) is 15.9. The molecular weight excluding hydrogens is 284 g/mol. The van der Waals surface area contributed by atoms with E-state index in [0.29, 0.717) is 24.0 Å². The highest BCUT2D eigenvalue weighted by atomic mass is 32.2. The molecule has 0 saturated heterocycles. The van der Waals surface area contributed by atoms with E-state index in [1.165, 1.54) is 0 Å². The molecule has 0 fully saturated rings. The lowest BCUT2D eigenvalue weighted by molar-refractivity contribution is 0.574. The van der Waals surface area contributed by atoms with Gasteiger partial charge in [0, 0.05) is 19.1 Å². The third kappa shape index (κ3) is 6.16. The molecular formula is C16H28N2O2S. The van der Waals surface area contributed by atoms with Crippen LogP contribution in [0.15, 0.2) is 23.1 Å². The van der Waals surface area contributed by atoms with E-state index in [1.54, 1.807) is 12.1 Å². The molecule has 1 aromatic carbocycles. The molecule has 120 valence electrons. The van der Waals surface area contributed by atoms with Crippen molar-refractivity contribution in [3.05, 3.63) is 29.3 Å². The molecule has 0 bridgehead atoms. The standard InChI is InChI=1S/C16H28N2O2S/c1-5-6-7-10-18-21(19,20)16-9-8-14(4)15(11-16)12-17-13(2)3/h8-9,11,13,17-18H,5-7,10,12H2,1-4H3. The van der Waals surface area contributed by atoms with Crippen LogP contribution in [-0.4, -0.2) is 21.0 Å². The minimum absolute atomic E-state index is 0.352. The third-order valence-corrected chi connectivity index (χ3v) is 4.86. The summed E-state index contributed by atoms with van der Waals surface area (Å²) in [6.07, 6.45) is 3.00. The highest BCUT2D eigenvalue weighted by Gasteiger charge is 2.14. The summed E-state index contributed by atoms with van der Waals surface area (Å²) in [5, 5.41) is 3.33. The van der Waals surface area contributed by atoms with E-state index in [-0.39, 0.29) is 0 Å². The van der Waals surface area contributed by atoms with Crippen molar-refractivity contribution in [2.24, 2.45) is 0 Å². The second-order valence-electron chi connectivity index (χ2n) is 5.73. The summed E-state index contributed by atoms with van der Waals surface area (Å²) >= 11 is 0. The number of sulfonamides is 1. The fourth-order valence-corrected chi connectivity index (χ4v) is 3.11. The van der Waals surface area contributed by atoms with Crippen molar-refractivity contribution >= 4 is 10.0 Å². The quantitative estimate of drug-likeness (QED) is 0.689. The van der Waals surface area contributed by atoms with Gasteiger partial charge in [0.05, 0.1) is 4.90 Å². The summed E-state index contributed by atoms with van der Waals surface area (Å²) in [6, 6.07) is 5.69. The Labute approximate surface area is 129 Å². The number of aryl methyl sites for hydroxylation is 1. The first-order chi connectivity index (χ1) is 9.86. The maximum atomic E-state index is 12.3. The first-order valence-corrected chi connectivity index (χ1v) is 9.17. The van der Waals surface area contributed by atoms with Crippen LogP contribution >= 0.6 is 0 Å². The van der Waals surface area contributed by atoms with Gasteiger partial charge < -0.3 is 5.32 Å². The van der Waals surface area contributed by atoms with Crippen molar-refractivity contribution in [3.63, 3.8) is 0 Å². The molecule has 0 saturated carbocycles. The normalized spacial score (nSPS) is 12.0. The molecule has 5 heteroatoms. The van der Waals surface area contributed by atoms with E-state index in [1.807, 2.05) is 13.0 Å². The van der Waals surface area contributed by atoms with E-state index >= 15 is 0 Å². The van der Waals surface area contributed by atoms with Gasteiger partial charge in [-0.1, -0.05) is 39.7 Å². The first-order valence-electron chi connectivity index (χ1n) is 7.69. The molecule has 0 aliphatic carbocycles. The fourth-order valence-electron chi connectivity index (χ4n) is 1.98. The van der Waals surface area contributed by atoms with Gasteiger partial charge in [0.15, 0.2) is 0 Å². The number of unbranched alkanes of at least 4 members (excludes halogenated alkanes) is 2. The summed E-state index contributed by atoms with van der Waals surface area (Å²) in [4.78, 5) is 0.352. The first kappa shape index (κ1) is 18.1. The van der Waals surface area contributed by atoms with Crippen molar-refractivity contribution in [1.29, 1.82) is 0 Å². The number of hydrogen-bond donors (Lipinski definition) is 2. The molecule has 2 N–H and O–H groups in total. The molecule has 0 heterocycles. The Balaban J connectivity index is 2.79. The van der Waals surface area contributed by atoms with Crippen molar-refractivity contribution in [3.8, 4) is 0 Å². The van der Waals surface area contributed by atoms with Gasteiger partial charge in [-0.2, -0.15) is 0 Å². The Morgan fingerprint density at radius 3 is 2.52 bits per heavy atom. The van der Waals surface area contributed by atoms with Crippen LogP contribution in [-0.2, 0) is 16.6 Å². The van der Waals surface area contributed by atoms with Crippen LogP contribution < -0.4 is 10.0 Å². The number of benzene rings is 1. The average Bonchev–Trinajstić information content (AvgIpc) is 2.42. The summed E-state index contributed by atoms with van der Waals surface area (Å²) < 4.78 is 27.2. The van der Waals surface area contributed by atoms with Crippen LogP contribution in [0.3, 0.4) is 0 Å². The Bertz CT molecular complexity index is 539. The van der Waals surface area contributed by atoms with Gasteiger partial charge >= 0.3 is 0 Å². The zero-order valence-electron chi connectivity index (χ0n) is 13.6. The smallest absolute Gasteiger partial charge is 0.240 e. The monoisotopic (exact) mass is 312 g/mol. The van der Waals surface area contributed by atoms with Crippen LogP contribution in [0.1, 0.15) is 51.2 Å². The molecule has 0 aliphatic heterocycles. The molecule has 1 aromatic rings. The highest BCUT2D eigenvalue weighted by molar-refractivity contribution is 7.89. The van der Waals surface area contributed by atoms with Crippen molar-refractivity contribution in [1.82, 2.24) is 10.0 Å². The van der Waals surface area contributed by atoms with Crippen LogP contribution in [0.25, 0.3) is 0 Å². The predicted molar refractivity (Wildman–Crippen MR) is 87.9 cm³/mol. The lowest BCUT2D eigenvalue weighted by Crippen LogP contribution is -2.26. The summed E-state index contributed by atoms with van der Waals surface area (Å²) in [6.45, 7) is 9.44. The Hall–Kier alpha value is -0.910. The number of hydrogen-bond acceptors (Lipinski definition) is 3. The number of nitrogens with one attached hydrogen (secondary N) is 2. The van der Waals surface area contributed by atoms with Gasteiger partial charge in [-0.25, -0.2) is 13.1 Å². The van der Waals surface area contributed by atoms with Crippen LogP contribution in [0.4, 0.5) is 0 Å². The minimum Gasteiger partial charge on any atom is -0.310 e. The zero-order valence-corrected chi connectivity index (χ0v) is 14.4. The fraction of sp³-hybridized carbons (Fsp3) is 0.625. The van der Waals surface area contributed by atoms with Gasteiger partial charge in [-0.05, 0) is 36.6 Å². The molecule has 4 nitrogen and oxygen atoms in total. The van der Waals surface area contributed by atoms with Crippen LogP contribution in [0.5, 0.6) is 0 Å². The second kappa shape index (κ2) is 8.51. The molecule has 1 rings (SSSR count). The Kier molecular flexibility index (Phi) is 7.35. The molecule has 21 heavy (non-hydrogen) atoms. The molecule has 0 aromatic heterocycles. The van der Waals surface area contributed by atoms with Crippen LogP contribution in [0, 0.1) is 6.92 Å². The summed E-state index contributed by atoms with van der Waals surface area (Å²) in [5.41, 5.74) is 2.13. The topological polar surface area (TPSA) is 58.2 Å². The van der Waals surface area contributed by atoms with E-state index in [2.05, 4.69) is 30.8 Å². The Morgan fingerprint density at radius 2 is 1.90 bits per heavy atom. The maximum absolute atomic E-state index is 12.3. The van der Waals surface area contributed by atoms with Gasteiger partial charge in [0.25, 0.3) is 0 Å². The number of rotatable bonds is 9. The van der Waals surface area contributed by atoms with Crippen molar-refractivity contribution in [2.75, 3.05) is 6.54 Å². The van der Waals surface area contributed by atoms with E-state index < -0.39 is 10.0 Å². The van der Waals surface area contributed by atoms with Gasteiger partial charge in [-0.15, -0.1) is 0 Å². The average molecular weight is 312 g/mol. The minimum atomic E-state index is -3.40. The van der Waals surface area contributed by atoms with Crippen molar-refractivity contribution < 1.29 is 8.42 Å². The van der Waals surface area contributed by atoms with Crippen molar-refractivity contribution in [2.45, 2.75) is 64.4 Å². The second-order valence-corrected chi connectivity index (χ2v) is 7.50. The van der Waals surface area contributed by atoms with Crippen LogP contribution in [0.2, 0.25) is 0 Å². The van der Waals surface area contributed by atoms with E-state index in [4.69, 9.17) is 0 Å². The molecule has 0 atom stereocenters. The third-order valence-electron chi connectivity index (χ3n) is 3.40. The van der Waals surface area contributed by atoms with E-state index in [9.17, 15) is 8.42 Å². The predicted octanol–water partition coefficient (Wildman–Crippen LogP) is 2.96. The molecule has 0 aliphatic rings. The van der Waals surface area contributed by atoms with Gasteiger partial charge in [-0.3, -0.25) is 0 Å². The van der Waals surface area contributed by atoms with E-state index in [0.717, 1.165) is 30.4 Å². The Morgan fingerprint density at radius 1 is 1.19 bits per heavy atom. The SMILES string of the molecule is CCCCCNS(=O)(=O)c1ccc(C)c(CNC(C)C)c1. The molecule has 0 unspecified atom stereocenters. The largest absolute Gasteiger partial charge is 0.310 e. The molecule has 0 amide bonds. The lowest BCUT2D eigenvalue weighted by Gasteiger charge is -2.13. The van der Waals surface area contributed by atoms with Gasteiger partial charge in [0.1, 0.15) is 0 Å². The highest BCUT2D eigenvalue weighted by Crippen LogP contribution is 2.16.